The van der Waals surface area contributed by atoms with E-state index in [9.17, 15) is 0 Å². The lowest BCUT2D eigenvalue weighted by atomic mass is 10.0. The molecule has 0 saturated carbocycles. The number of fused-ring (bicyclic) bond motifs is 1. The van der Waals surface area contributed by atoms with Gasteiger partial charge >= 0.3 is 0 Å². The Balaban J connectivity index is 2.35. The van der Waals surface area contributed by atoms with Crippen molar-refractivity contribution >= 4 is 5.69 Å². The van der Waals surface area contributed by atoms with E-state index in [2.05, 4.69) is 49.2 Å². The van der Waals surface area contributed by atoms with Gasteiger partial charge in [-0.1, -0.05) is 30.7 Å². The molecule has 0 unspecified atom stereocenters. The van der Waals surface area contributed by atoms with Crippen LogP contribution >= 0.6 is 0 Å². The van der Waals surface area contributed by atoms with Gasteiger partial charge < -0.3 is 4.90 Å². The van der Waals surface area contributed by atoms with Crippen LogP contribution in [0.25, 0.3) is 0 Å². The molecule has 0 amide bonds. The minimum absolute atomic E-state index is 1.11. The van der Waals surface area contributed by atoms with Crippen LogP contribution in [0.1, 0.15) is 25.8 Å². The van der Waals surface area contributed by atoms with Crippen LogP contribution < -0.4 is 4.90 Å². The van der Waals surface area contributed by atoms with Crippen LogP contribution in [0.5, 0.6) is 0 Å². The minimum Gasteiger partial charge on any atom is -0.348 e. The van der Waals surface area contributed by atoms with Crippen LogP contribution in [0.2, 0.25) is 0 Å². The van der Waals surface area contributed by atoms with Crippen molar-refractivity contribution in [3.8, 4) is 0 Å². The predicted octanol–water partition coefficient (Wildman–Crippen LogP) is 3.36. The Kier molecular flexibility index (Phi) is 2.58. The lowest BCUT2D eigenvalue weighted by Crippen LogP contribution is -2.22. The molecule has 0 bridgehead atoms. The van der Waals surface area contributed by atoms with Gasteiger partial charge in [-0.15, -0.1) is 0 Å². The van der Waals surface area contributed by atoms with Crippen LogP contribution in [0, 0.1) is 0 Å². The smallest absolute Gasteiger partial charge is 0.0441 e. The maximum Gasteiger partial charge on any atom is 0.0441 e. The second kappa shape index (κ2) is 3.87. The van der Waals surface area contributed by atoms with Gasteiger partial charge in [0.2, 0.25) is 0 Å². The van der Waals surface area contributed by atoms with E-state index in [0.717, 1.165) is 13.0 Å². The summed E-state index contributed by atoms with van der Waals surface area (Å²) in [5, 5.41) is 0. The Bertz CT molecular complexity index is 352. The highest BCUT2D eigenvalue weighted by Gasteiger charge is 2.13. The molecule has 1 aliphatic heterocycles. The summed E-state index contributed by atoms with van der Waals surface area (Å²) < 4.78 is 0. The first-order valence-corrected chi connectivity index (χ1v) is 5.33. The fraction of sp³-hybridized carbons (Fsp3) is 0.385. The van der Waals surface area contributed by atoms with Crippen molar-refractivity contribution in [3.63, 3.8) is 0 Å². The Morgan fingerprint density at radius 3 is 2.86 bits per heavy atom. The second-order valence-electron chi connectivity index (χ2n) is 3.97. The average Bonchev–Trinajstić information content (AvgIpc) is 2.18. The van der Waals surface area contributed by atoms with Gasteiger partial charge in [0.25, 0.3) is 0 Å². The molecule has 1 aromatic carbocycles. The molecule has 1 heterocycles. The van der Waals surface area contributed by atoms with Gasteiger partial charge in [-0.25, -0.2) is 0 Å². The van der Waals surface area contributed by atoms with Crippen molar-refractivity contribution in [1.82, 2.24) is 0 Å². The van der Waals surface area contributed by atoms with Gasteiger partial charge in [-0.3, -0.25) is 0 Å². The fourth-order valence-corrected chi connectivity index (χ4v) is 2.05. The number of anilines is 1. The molecule has 74 valence electrons. The summed E-state index contributed by atoms with van der Waals surface area (Å²) in [7, 11) is 0. The van der Waals surface area contributed by atoms with E-state index in [1.807, 2.05) is 0 Å². The molecule has 0 atom stereocenters. The second-order valence-corrected chi connectivity index (χ2v) is 3.97. The maximum atomic E-state index is 2.37. The zero-order chi connectivity index (χ0) is 9.97. The van der Waals surface area contributed by atoms with E-state index >= 15 is 0 Å². The molecule has 0 spiro atoms. The highest BCUT2D eigenvalue weighted by molar-refractivity contribution is 5.59. The van der Waals surface area contributed by atoms with E-state index in [4.69, 9.17) is 0 Å². The molecule has 0 aliphatic carbocycles. The molecule has 1 aromatic rings. The standard InChI is InChI=1S/C13H17N/c1-3-8-14-10-11(2)9-12-6-4-5-7-13(12)14/h4-7,10H,3,8-9H2,1-2H3. The highest BCUT2D eigenvalue weighted by Crippen LogP contribution is 2.28. The van der Waals surface area contributed by atoms with E-state index in [-0.39, 0.29) is 0 Å². The van der Waals surface area contributed by atoms with E-state index < -0.39 is 0 Å². The number of allylic oxidation sites excluding steroid dienone is 1. The molecular formula is C13H17N. The van der Waals surface area contributed by atoms with Crippen molar-refractivity contribution in [2.24, 2.45) is 0 Å². The van der Waals surface area contributed by atoms with Crippen molar-refractivity contribution in [3.05, 3.63) is 41.6 Å². The summed E-state index contributed by atoms with van der Waals surface area (Å²) in [6, 6.07) is 8.69. The Hall–Kier alpha value is -1.24. The van der Waals surface area contributed by atoms with Crippen LogP contribution in [0.3, 0.4) is 0 Å². The maximum absolute atomic E-state index is 2.37. The normalized spacial score (nSPS) is 15.0. The van der Waals surface area contributed by atoms with Gasteiger partial charge in [0, 0.05) is 18.4 Å². The number of para-hydroxylation sites is 1. The molecule has 1 heteroatoms. The summed E-state index contributed by atoms with van der Waals surface area (Å²) in [5.41, 5.74) is 4.30. The Morgan fingerprint density at radius 1 is 1.29 bits per heavy atom. The summed E-state index contributed by atoms with van der Waals surface area (Å²) in [5.74, 6) is 0. The summed E-state index contributed by atoms with van der Waals surface area (Å²) in [6.07, 6.45) is 4.58. The van der Waals surface area contributed by atoms with Gasteiger partial charge in [0.15, 0.2) is 0 Å². The van der Waals surface area contributed by atoms with Crippen molar-refractivity contribution < 1.29 is 0 Å². The van der Waals surface area contributed by atoms with Gasteiger partial charge in [-0.2, -0.15) is 0 Å². The van der Waals surface area contributed by atoms with E-state index in [1.165, 1.54) is 23.2 Å². The van der Waals surface area contributed by atoms with Gasteiger partial charge in [-0.05, 0) is 31.4 Å². The summed E-state index contributed by atoms with van der Waals surface area (Å²) in [6.45, 7) is 5.55. The quantitative estimate of drug-likeness (QED) is 0.686. The van der Waals surface area contributed by atoms with Crippen LogP contribution in [0.15, 0.2) is 36.0 Å². The van der Waals surface area contributed by atoms with Crippen LogP contribution in [-0.4, -0.2) is 6.54 Å². The third-order valence-electron chi connectivity index (χ3n) is 2.61. The zero-order valence-electron chi connectivity index (χ0n) is 8.96. The number of nitrogens with zero attached hydrogens (tertiary/aromatic N) is 1. The first-order valence-electron chi connectivity index (χ1n) is 5.33. The van der Waals surface area contributed by atoms with E-state index in [0.29, 0.717) is 0 Å². The molecule has 0 fully saturated rings. The Labute approximate surface area is 86.1 Å². The molecule has 14 heavy (non-hydrogen) atoms. The number of hydrogen-bond donors (Lipinski definition) is 0. The first kappa shape index (κ1) is 9.32. The number of benzene rings is 1. The average molecular weight is 187 g/mol. The van der Waals surface area contributed by atoms with Crippen molar-refractivity contribution in [2.45, 2.75) is 26.7 Å². The molecule has 1 aliphatic rings. The topological polar surface area (TPSA) is 3.24 Å². The largest absolute Gasteiger partial charge is 0.348 e. The summed E-state index contributed by atoms with van der Waals surface area (Å²) in [4.78, 5) is 2.37. The molecule has 1 nitrogen and oxygen atoms in total. The monoisotopic (exact) mass is 187 g/mol. The van der Waals surface area contributed by atoms with Crippen LogP contribution in [0.4, 0.5) is 5.69 Å². The predicted molar refractivity (Wildman–Crippen MR) is 61.5 cm³/mol. The lowest BCUT2D eigenvalue weighted by molar-refractivity contribution is 0.851. The first-order chi connectivity index (χ1) is 6.81. The van der Waals surface area contributed by atoms with Crippen molar-refractivity contribution in [1.29, 1.82) is 0 Å². The van der Waals surface area contributed by atoms with Gasteiger partial charge in [0.1, 0.15) is 0 Å². The zero-order valence-corrected chi connectivity index (χ0v) is 8.96. The third kappa shape index (κ3) is 1.67. The SMILES string of the molecule is CCCN1C=C(C)Cc2ccccc21. The summed E-state index contributed by atoms with van der Waals surface area (Å²) >= 11 is 0. The third-order valence-corrected chi connectivity index (χ3v) is 2.61. The molecule has 0 aromatic heterocycles. The highest BCUT2D eigenvalue weighted by atomic mass is 15.1. The molecule has 0 saturated heterocycles. The lowest BCUT2D eigenvalue weighted by Gasteiger charge is -2.28. The fourth-order valence-electron chi connectivity index (χ4n) is 2.05. The number of hydrogen-bond acceptors (Lipinski definition) is 1. The molecular weight excluding hydrogens is 170 g/mol. The van der Waals surface area contributed by atoms with E-state index in [1.54, 1.807) is 0 Å². The van der Waals surface area contributed by atoms with Crippen molar-refractivity contribution in [2.75, 3.05) is 11.4 Å². The molecule has 0 N–H and O–H groups in total. The van der Waals surface area contributed by atoms with Crippen LogP contribution in [-0.2, 0) is 6.42 Å². The molecule has 2 rings (SSSR count). The molecule has 0 radical (unpaired) electrons. The van der Waals surface area contributed by atoms with Gasteiger partial charge in [0.05, 0.1) is 0 Å². The number of rotatable bonds is 2. The minimum atomic E-state index is 1.11. The Morgan fingerprint density at radius 2 is 2.07 bits per heavy atom.